The molecule has 28 heavy (non-hydrogen) atoms. The maximum absolute atomic E-state index is 13.3. The Morgan fingerprint density at radius 3 is 2.68 bits per heavy atom. The van der Waals surface area contributed by atoms with E-state index in [-0.39, 0.29) is 6.04 Å². The van der Waals surface area contributed by atoms with Gasteiger partial charge in [0, 0.05) is 31.7 Å². The monoisotopic (exact) mass is 384 g/mol. The lowest BCUT2D eigenvalue weighted by Gasteiger charge is -2.38. The molecular weight excluding hydrogens is 348 g/mol. The van der Waals surface area contributed by atoms with E-state index in [1.807, 2.05) is 0 Å². The summed E-state index contributed by atoms with van der Waals surface area (Å²) in [5, 5.41) is 0. The molecule has 0 radical (unpaired) electrons. The molecule has 5 atom stereocenters. The summed E-state index contributed by atoms with van der Waals surface area (Å²) in [6.07, 6.45) is 5.83. The van der Waals surface area contributed by atoms with Crippen LogP contribution in [0.25, 0.3) is 0 Å². The van der Waals surface area contributed by atoms with Crippen molar-refractivity contribution in [2.24, 2.45) is 11.8 Å². The molecule has 0 aliphatic carbocycles. The Morgan fingerprint density at radius 2 is 1.93 bits per heavy atom. The zero-order valence-corrected chi connectivity index (χ0v) is 17.4. The second-order valence-corrected chi connectivity index (χ2v) is 9.08. The highest BCUT2D eigenvalue weighted by molar-refractivity contribution is 5.83. The summed E-state index contributed by atoms with van der Waals surface area (Å²) in [6.45, 7) is 8.67. The Kier molecular flexibility index (Phi) is 6.34. The van der Waals surface area contributed by atoms with E-state index in [0.29, 0.717) is 29.8 Å². The van der Waals surface area contributed by atoms with Gasteiger partial charge in [-0.05, 0) is 56.0 Å². The number of fused-ring (bicyclic) bond motifs is 4. The quantitative estimate of drug-likeness (QED) is 0.791. The van der Waals surface area contributed by atoms with Gasteiger partial charge in [0.1, 0.15) is 6.04 Å². The van der Waals surface area contributed by atoms with Gasteiger partial charge in [-0.25, -0.2) is 5.43 Å². The molecule has 4 heterocycles. The number of amides is 1. The molecule has 4 fully saturated rings. The fourth-order valence-corrected chi connectivity index (χ4v) is 5.41. The smallest absolute Gasteiger partial charge is 0.241 e. The van der Waals surface area contributed by atoms with E-state index >= 15 is 0 Å². The van der Waals surface area contributed by atoms with Gasteiger partial charge in [0.25, 0.3) is 0 Å². The Hall–Kier alpha value is -1.43. The van der Waals surface area contributed by atoms with Crippen molar-refractivity contribution >= 4 is 5.91 Å². The van der Waals surface area contributed by atoms with Crippen molar-refractivity contribution in [1.82, 2.24) is 20.7 Å². The van der Waals surface area contributed by atoms with Crippen LogP contribution in [0.1, 0.15) is 45.1 Å². The highest BCUT2D eigenvalue weighted by Gasteiger charge is 2.43. The molecule has 4 aliphatic rings. The van der Waals surface area contributed by atoms with Crippen LogP contribution in [0.2, 0.25) is 0 Å². The molecule has 2 N–H and O–H groups in total. The lowest BCUT2D eigenvalue weighted by molar-refractivity contribution is -0.138. The molecule has 5 heteroatoms. The van der Waals surface area contributed by atoms with Gasteiger partial charge < -0.3 is 9.80 Å². The van der Waals surface area contributed by atoms with E-state index in [1.54, 1.807) is 0 Å². The number of benzene rings is 1. The first-order chi connectivity index (χ1) is 13.7. The third kappa shape index (κ3) is 4.27. The van der Waals surface area contributed by atoms with E-state index in [9.17, 15) is 4.79 Å². The Balaban J connectivity index is 1.33. The predicted octanol–water partition coefficient (Wildman–Crippen LogP) is 2.43. The normalized spacial score (nSPS) is 33.2. The van der Waals surface area contributed by atoms with Crippen molar-refractivity contribution in [3.8, 4) is 0 Å². The van der Waals surface area contributed by atoms with Crippen molar-refractivity contribution < 1.29 is 4.79 Å². The molecule has 1 aromatic carbocycles. The summed E-state index contributed by atoms with van der Waals surface area (Å²) in [5.74, 6) is 1.30. The molecule has 0 aromatic heterocycles. The van der Waals surface area contributed by atoms with Crippen LogP contribution >= 0.6 is 0 Å². The molecular formula is C23H36N4O. The number of piperidine rings is 1. The molecule has 0 saturated carbocycles. The summed E-state index contributed by atoms with van der Waals surface area (Å²) < 4.78 is 0. The van der Waals surface area contributed by atoms with Gasteiger partial charge in [0.15, 0.2) is 0 Å². The fourth-order valence-electron chi connectivity index (χ4n) is 5.41. The largest absolute Gasteiger partial charge is 0.337 e. The lowest BCUT2D eigenvalue weighted by atomic mass is 9.90. The average Bonchev–Trinajstić information content (AvgIpc) is 2.88. The SMILES string of the molecule is CCC1NNC(C(=O)N2C[C@@H]3CC[C@H]2CN(CCCc2ccccc2)C3)C1C. The van der Waals surface area contributed by atoms with Crippen LogP contribution in [0.15, 0.2) is 30.3 Å². The number of hydrogen-bond acceptors (Lipinski definition) is 4. The minimum absolute atomic E-state index is 0.0733. The van der Waals surface area contributed by atoms with Crippen LogP contribution in [0, 0.1) is 11.8 Å². The van der Waals surface area contributed by atoms with E-state index < -0.39 is 0 Å². The molecule has 3 unspecified atom stereocenters. The number of aryl methyl sites for hydroxylation is 1. The molecule has 4 saturated heterocycles. The minimum atomic E-state index is -0.0733. The molecule has 0 spiro atoms. The van der Waals surface area contributed by atoms with Gasteiger partial charge in [-0.15, -0.1) is 0 Å². The molecule has 4 aliphatic heterocycles. The van der Waals surface area contributed by atoms with E-state index in [4.69, 9.17) is 0 Å². The van der Waals surface area contributed by atoms with E-state index in [0.717, 1.165) is 45.4 Å². The van der Waals surface area contributed by atoms with Gasteiger partial charge in [-0.2, -0.15) is 0 Å². The van der Waals surface area contributed by atoms with Crippen molar-refractivity contribution in [2.75, 3.05) is 26.2 Å². The van der Waals surface area contributed by atoms with Crippen LogP contribution < -0.4 is 10.9 Å². The standard InChI is InChI=1S/C23H36N4O/c1-3-21-17(2)22(25-24-21)23(28)27-15-19-11-12-20(27)16-26(14-19)13-7-10-18-8-5-4-6-9-18/h4-6,8-9,17,19-22,24-25H,3,7,10-16H2,1-2H3/t17?,19-,20+,21?,22?/m1/s1. The van der Waals surface area contributed by atoms with Crippen LogP contribution in [0.4, 0.5) is 0 Å². The first-order valence-corrected chi connectivity index (χ1v) is 11.2. The summed E-state index contributed by atoms with van der Waals surface area (Å²) in [4.78, 5) is 18.2. The van der Waals surface area contributed by atoms with Gasteiger partial charge in [0.05, 0.1) is 0 Å². The van der Waals surface area contributed by atoms with Crippen LogP contribution in [0.3, 0.4) is 0 Å². The summed E-state index contributed by atoms with van der Waals surface area (Å²) in [7, 11) is 0. The highest BCUT2D eigenvalue weighted by atomic mass is 16.2. The predicted molar refractivity (Wildman–Crippen MR) is 113 cm³/mol. The third-order valence-corrected chi connectivity index (χ3v) is 7.15. The molecule has 1 aromatic rings. The molecule has 2 bridgehead atoms. The zero-order chi connectivity index (χ0) is 19.5. The number of carbonyl (C=O) groups excluding carboxylic acids is 1. The Morgan fingerprint density at radius 1 is 1.11 bits per heavy atom. The first kappa shape index (κ1) is 19.9. The Bertz CT molecular complexity index is 651. The van der Waals surface area contributed by atoms with Gasteiger partial charge in [0.2, 0.25) is 5.91 Å². The summed E-state index contributed by atoms with van der Waals surface area (Å²) >= 11 is 0. The summed E-state index contributed by atoms with van der Waals surface area (Å²) in [5.41, 5.74) is 8.05. The molecule has 5 rings (SSSR count). The second-order valence-electron chi connectivity index (χ2n) is 9.08. The molecule has 154 valence electrons. The van der Waals surface area contributed by atoms with E-state index in [2.05, 4.69) is 64.8 Å². The second kappa shape index (κ2) is 8.93. The van der Waals surface area contributed by atoms with Crippen LogP contribution in [0.5, 0.6) is 0 Å². The Labute approximate surface area is 169 Å². The number of rotatable bonds is 6. The molecule has 1 amide bonds. The fraction of sp³-hybridized carbons (Fsp3) is 0.696. The third-order valence-electron chi connectivity index (χ3n) is 7.15. The number of hydrogen-bond donors (Lipinski definition) is 2. The lowest BCUT2D eigenvalue weighted by Crippen LogP contribution is -2.54. The van der Waals surface area contributed by atoms with E-state index in [1.165, 1.54) is 18.4 Å². The van der Waals surface area contributed by atoms with Gasteiger partial charge in [-0.3, -0.25) is 10.2 Å². The minimum Gasteiger partial charge on any atom is -0.337 e. The number of nitrogens with zero attached hydrogens (tertiary/aromatic N) is 2. The van der Waals surface area contributed by atoms with Gasteiger partial charge >= 0.3 is 0 Å². The number of nitrogens with one attached hydrogen (secondary N) is 2. The molecule has 5 nitrogen and oxygen atoms in total. The number of carbonyl (C=O) groups is 1. The van der Waals surface area contributed by atoms with Crippen LogP contribution in [-0.4, -0.2) is 60.0 Å². The van der Waals surface area contributed by atoms with Gasteiger partial charge in [-0.1, -0.05) is 44.2 Å². The summed E-state index contributed by atoms with van der Waals surface area (Å²) in [6, 6.07) is 11.5. The topological polar surface area (TPSA) is 47.6 Å². The van der Waals surface area contributed by atoms with Crippen molar-refractivity contribution in [2.45, 2.75) is 64.1 Å². The van der Waals surface area contributed by atoms with Crippen molar-refractivity contribution in [3.63, 3.8) is 0 Å². The van der Waals surface area contributed by atoms with Crippen molar-refractivity contribution in [1.29, 1.82) is 0 Å². The zero-order valence-electron chi connectivity index (χ0n) is 17.4. The average molecular weight is 385 g/mol. The van der Waals surface area contributed by atoms with Crippen LogP contribution in [-0.2, 0) is 11.2 Å². The maximum Gasteiger partial charge on any atom is 0.241 e. The first-order valence-electron chi connectivity index (χ1n) is 11.2. The van der Waals surface area contributed by atoms with Crippen molar-refractivity contribution in [3.05, 3.63) is 35.9 Å². The number of hydrazine groups is 1. The maximum atomic E-state index is 13.3. The highest BCUT2D eigenvalue weighted by Crippen LogP contribution is 2.30.